The summed E-state index contributed by atoms with van der Waals surface area (Å²) in [5.74, 6) is -1.72. The number of fused-ring (bicyclic) bond motifs is 1. The smallest absolute Gasteiger partial charge is 0.338 e. The molecule has 1 N–H and O–H groups in total. The number of piperidine rings is 1. The number of benzene rings is 2. The fourth-order valence-corrected chi connectivity index (χ4v) is 4.33. The number of para-hydroxylation sites is 1. The van der Waals surface area contributed by atoms with Gasteiger partial charge >= 0.3 is 5.97 Å². The Balaban J connectivity index is 1.52. The van der Waals surface area contributed by atoms with Crippen LogP contribution in [-0.4, -0.2) is 54.9 Å². The molecule has 3 aromatic rings. The average molecular weight is 437 g/mol. The third kappa shape index (κ3) is 4.26. The van der Waals surface area contributed by atoms with Crippen molar-refractivity contribution in [1.29, 1.82) is 0 Å². The maximum absolute atomic E-state index is 13.0. The lowest BCUT2D eigenvalue weighted by Gasteiger charge is -2.39. The van der Waals surface area contributed by atoms with Crippen LogP contribution in [0, 0.1) is 0 Å². The summed E-state index contributed by atoms with van der Waals surface area (Å²) in [7, 11) is 3.01. The molecule has 4 rings (SSSR count). The van der Waals surface area contributed by atoms with Crippen LogP contribution >= 0.6 is 0 Å². The number of carbonyl (C=O) groups is 2. The van der Waals surface area contributed by atoms with Gasteiger partial charge in [0.25, 0.3) is 5.91 Å². The average Bonchev–Trinajstić information content (AvgIpc) is 3.20. The molecule has 0 bridgehead atoms. The van der Waals surface area contributed by atoms with Gasteiger partial charge in [-0.1, -0.05) is 36.4 Å². The quantitative estimate of drug-likeness (QED) is 0.430. The third-order valence-corrected chi connectivity index (χ3v) is 6.10. The Hall–Kier alpha value is -3.16. The Morgan fingerprint density at radius 3 is 2.53 bits per heavy atom. The molecule has 0 atom stereocenters. The van der Waals surface area contributed by atoms with Gasteiger partial charge in [0.2, 0.25) is 5.79 Å². The first-order valence-electron chi connectivity index (χ1n) is 10.8. The molecule has 0 aliphatic carbocycles. The molecule has 0 saturated carbocycles. The van der Waals surface area contributed by atoms with Crippen molar-refractivity contribution in [3.63, 3.8) is 0 Å². The van der Waals surface area contributed by atoms with E-state index in [1.807, 2.05) is 30.3 Å². The van der Waals surface area contributed by atoms with Crippen molar-refractivity contribution in [2.45, 2.75) is 31.7 Å². The Morgan fingerprint density at radius 2 is 1.78 bits per heavy atom. The lowest BCUT2D eigenvalue weighted by atomic mass is 10.0. The molecule has 0 radical (unpaired) electrons. The zero-order valence-electron chi connectivity index (χ0n) is 18.4. The number of nitrogens with zero attached hydrogens (tertiary/aromatic N) is 1. The summed E-state index contributed by atoms with van der Waals surface area (Å²) in [5.41, 5.74) is 3.37. The summed E-state index contributed by atoms with van der Waals surface area (Å²) < 4.78 is 16.4. The van der Waals surface area contributed by atoms with Crippen LogP contribution in [0.5, 0.6) is 0 Å². The maximum atomic E-state index is 13.0. The summed E-state index contributed by atoms with van der Waals surface area (Å²) in [6.07, 6.45) is 1.98. The third-order valence-electron chi connectivity index (χ3n) is 6.10. The SMILES string of the molecule is COC1(OC)CCCN(CCc2c(COC(=O)c3ccccc3)[nH]c3ccccc23)C1=O. The number of nitrogens with one attached hydrogen (secondary N) is 1. The number of methoxy groups -OCH3 is 2. The fourth-order valence-electron chi connectivity index (χ4n) is 4.33. The second kappa shape index (κ2) is 9.54. The van der Waals surface area contributed by atoms with Gasteiger partial charge in [-0.2, -0.15) is 0 Å². The highest BCUT2D eigenvalue weighted by Gasteiger charge is 2.44. The number of rotatable bonds is 8. The Bertz CT molecular complexity index is 1090. The maximum Gasteiger partial charge on any atom is 0.338 e. The zero-order chi connectivity index (χ0) is 22.6. The van der Waals surface area contributed by atoms with E-state index in [9.17, 15) is 9.59 Å². The summed E-state index contributed by atoms with van der Waals surface area (Å²) in [4.78, 5) is 30.6. The number of hydrogen-bond acceptors (Lipinski definition) is 5. The molecule has 32 heavy (non-hydrogen) atoms. The normalized spacial score (nSPS) is 15.8. The molecule has 1 aliphatic heterocycles. The molecule has 1 fully saturated rings. The minimum absolute atomic E-state index is 0.131. The van der Waals surface area contributed by atoms with Gasteiger partial charge in [-0.25, -0.2) is 4.79 Å². The largest absolute Gasteiger partial charge is 0.456 e. The van der Waals surface area contributed by atoms with Gasteiger partial charge in [-0.05, 0) is 36.6 Å². The first-order valence-corrected chi connectivity index (χ1v) is 10.8. The van der Waals surface area contributed by atoms with E-state index in [2.05, 4.69) is 4.98 Å². The summed E-state index contributed by atoms with van der Waals surface area (Å²) in [6, 6.07) is 16.9. The van der Waals surface area contributed by atoms with E-state index in [0.717, 1.165) is 28.6 Å². The molecule has 0 unspecified atom stereocenters. The molecule has 1 amide bonds. The van der Waals surface area contributed by atoms with Crippen molar-refractivity contribution in [3.05, 3.63) is 71.4 Å². The molecule has 2 heterocycles. The fraction of sp³-hybridized carbons (Fsp3) is 0.360. The number of carbonyl (C=O) groups excluding carboxylic acids is 2. The lowest BCUT2D eigenvalue weighted by molar-refractivity contribution is -0.228. The van der Waals surface area contributed by atoms with Gasteiger partial charge < -0.3 is 24.1 Å². The second-order valence-electron chi connectivity index (χ2n) is 7.88. The van der Waals surface area contributed by atoms with E-state index in [4.69, 9.17) is 14.2 Å². The van der Waals surface area contributed by atoms with E-state index in [0.29, 0.717) is 31.5 Å². The van der Waals surface area contributed by atoms with Crippen LogP contribution in [0.3, 0.4) is 0 Å². The van der Waals surface area contributed by atoms with E-state index >= 15 is 0 Å². The number of esters is 1. The van der Waals surface area contributed by atoms with E-state index in [1.165, 1.54) is 14.2 Å². The monoisotopic (exact) mass is 436 g/mol. The van der Waals surface area contributed by atoms with Gasteiger partial charge in [0.1, 0.15) is 6.61 Å². The molecular weight excluding hydrogens is 408 g/mol. The highest BCUT2D eigenvalue weighted by Crippen LogP contribution is 2.28. The molecular formula is C25H28N2O5. The summed E-state index contributed by atoms with van der Waals surface area (Å²) in [6.45, 7) is 1.31. The number of aromatic nitrogens is 1. The number of aromatic amines is 1. The van der Waals surface area contributed by atoms with Gasteiger partial charge in [-0.3, -0.25) is 4.79 Å². The van der Waals surface area contributed by atoms with Crippen molar-refractivity contribution >= 4 is 22.8 Å². The molecule has 1 saturated heterocycles. The van der Waals surface area contributed by atoms with Crippen molar-refractivity contribution in [1.82, 2.24) is 9.88 Å². The highest BCUT2D eigenvalue weighted by atomic mass is 16.7. The molecule has 1 aliphatic rings. The van der Waals surface area contributed by atoms with Gasteiger partial charge in [-0.15, -0.1) is 0 Å². The van der Waals surface area contributed by atoms with E-state index < -0.39 is 5.79 Å². The van der Waals surface area contributed by atoms with Crippen LogP contribution < -0.4 is 0 Å². The number of hydrogen-bond donors (Lipinski definition) is 1. The highest BCUT2D eigenvalue weighted by molar-refractivity contribution is 5.89. The zero-order valence-corrected chi connectivity index (χ0v) is 18.4. The number of likely N-dealkylation sites (tertiary alicyclic amines) is 1. The summed E-state index contributed by atoms with van der Waals surface area (Å²) >= 11 is 0. The second-order valence-corrected chi connectivity index (χ2v) is 7.88. The van der Waals surface area contributed by atoms with Crippen LogP contribution in [0.4, 0.5) is 0 Å². The van der Waals surface area contributed by atoms with Crippen molar-refractivity contribution in [3.8, 4) is 0 Å². The standard InChI is InChI=1S/C25H28N2O5/c1-30-25(31-2)14-8-15-27(24(25)29)16-13-20-19-11-6-7-12-21(19)26-22(20)17-32-23(28)18-9-4-3-5-10-18/h3-7,9-12,26H,8,13-17H2,1-2H3. The molecule has 7 nitrogen and oxygen atoms in total. The number of amides is 1. The van der Waals surface area contributed by atoms with Crippen molar-refractivity contribution < 1.29 is 23.8 Å². The number of H-pyrrole nitrogens is 1. The molecule has 7 heteroatoms. The van der Waals surface area contributed by atoms with Crippen LogP contribution in [0.2, 0.25) is 0 Å². The minimum Gasteiger partial charge on any atom is -0.456 e. The summed E-state index contributed by atoms with van der Waals surface area (Å²) in [5, 5.41) is 1.06. The van der Waals surface area contributed by atoms with Crippen molar-refractivity contribution in [2.24, 2.45) is 0 Å². The predicted octanol–water partition coefficient (Wildman–Crippen LogP) is 3.68. The van der Waals surface area contributed by atoms with E-state index in [1.54, 1.807) is 29.2 Å². The topological polar surface area (TPSA) is 80.9 Å². The Morgan fingerprint density at radius 1 is 1.06 bits per heavy atom. The Kier molecular flexibility index (Phi) is 6.58. The van der Waals surface area contributed by atoms with Crippen LogP contribution in [-0.2, 0) is 32.0 Å². The Labute approximate surface area is 187 Å². The molecule has 1 aromatic heterocycles. The van der Waals surface area contributed by atoms with Gasteiger partial charge in [0.15, 0.2) is 0 Å². The van der Waals surface area contributed by atoms with Crippen LogP contribution in [0.1, 0.15) is 34.5 Å². The van der Waals surface area contributed by atoms with Crippen LogP contribution in [0.15, 0.2) is 54.6 Å². The molecule has 168 valence electrons. The minimum atomic E-state index is -1.20. The van der Waals surface area contributed by atoms with Crippen LogP contribution in [0.25, 0.3) is 10.9 Å². The number of ether oxygens (including phenoxy) is 3. The predicted molar refractivity (Wildman–Crippen MR) is 120 cm³/mol. The molecule has 0 spiro atoms. The lowest BCUT2D eigenvalue weighted by Crippen LogP contribution is -2.56. The first kappa shape index (κ1) is 22.0. The van der Waals surface area contributed by atoms with Gasteiger partial charge in [0, 0.05) is 44.6 Å². The van der Waals surface area contributed by atoms with Gasteiger partial charge in [0.05, 0.1) is 11.3 Å². The first-order chi connectivity index (χ1) is 15.6. The van der Waals surface area contributed by atoms with Crippen molar-refractivity contribution in [2.75, 3.05) is 27.3 Å². The van der Waals surface area contributed by atoms with E-state index in [-0.39, 0.29) is 18.5 Å². The molecule has 2 aromatic carbocycles.